The minimum Gasteiger partial charge on any atom is -0.381 e. The molecular weight excluding hydrogens is 202 g/mol. The van der Waals surface area contributed by atoms with Crippen LogP contribution in [0.5, 0.6) is 0 Å². The lowest BCUT2D eigenvalue weighted by atomic mass is 9.87. The summed E-state index contributed by atoms with van der Waals surface area (Å²) in [6.45, 7) is 5.75. The molecule has 1 aliphatic rings. The van der Waals surface area contributed by atoms with Gasteiger partial charge in [0.05, 0.1) is 5.69 Å². The summed E-state index contributed by atoms with van der Waals surface area (Å²) in [4.78, 5) is 0. The summed E-state index contributed by atoms with van der Waals surface area (Å²) in [7, 11) is 1.96. The van der Waals surface area contributed by atoms with Crippen LogP contribution >= 0.6 is 0 Å². The second kappa shape index (κ2) is 4.18. The van der Waals surface area contributed by atoms with Crippen LogP contribution in [-0.2, 0) is 17.3 Å². The van der Waals surface area contributed by atoms with E-state index < -0.39 is 0 Å². The van der Waals surface area contributed by atoms with E-state index in [1.807, 2.05) is 31.8 Å². The van der Waals surface area contributed by atoms with Gasteiger partial charge in [0.1, 0.15) is 0 Å². The lowest BCUT2D eigenvalue weighted by molar-refractivity contribution is 0.0840. The second-order valence-electron chi connectivity index (χ2n) is 5.21. The third-order valence-corrected chi connectivity index (χ3v) is 3.16. The van der Waals surface area contributed by atoms with Gasteiger partial charge in [0.25, 0.3) is 0 Å². The molecule has 0 spiro atoms. The molecule has 1 saturated heterocycles. The predicted molar refractivity (Wildman–Crippen MR) is 63.2 cm³/mol. The number of aromatic nitrogens is 2. The molecule has 1 aromatic heterocycles. The molecule has 2 N–H and O–H groups in total. The molecule has 2 heterocycles. The molecular formula is C12H21N3O. The van der Waals surface area contributed by atoms with Crippen LogP contribution < -0.4 is 5.73 Å². The molecule has 16 heavy (non-hydrogen) atoms. The SMILES string of the molecule is Cn1cc(C(C)(C)N)c(C2CCOCC2)n1. The van der Waals surface area contributed by atoms with E-state index >= 15 is 0 Å². The topological polar surface area (TPSA) is 53.1 Å². The number of ether oxygens (including phenoxy) is 1. The van der Waals surface area contributed by atoms with E-state index in [9.17, 15) is 0 Å². The van der Waals surface area contributed by atoms with Crippen molar-refractivity contribution in [2.24, 2.45) is 12.8 Å². The summed E-state index contributed by atoms with van der Waals surface area (Å²) in [6.07, 6.45) is 4.16. The van der Waals surface area contributed by atoms with Gasteiger partial charge in [0, 0.05) is 43.5 Å². The molecule has 0 aliphatic carbocycles. The largest absolute Gasteiger partial charge is 0.381 e. The van der Waals surface area contributed by atoms with Crippen LogP contribution in [0.1, 0.15) is 43.9 Å². The summed E-state index contributed by atoms with van der Waals surface area (Å²) < 4.78 is 7.26. The van der Waals surface area contributed by atoms with E-state index in [0.29, 0.717) is 5.92 Å². The van der Waals surface area contributed by atoms with Gasteiger partial charge in [-0.3, -0.25) is 4.68 Å². The van der Waals surface area contributed by atoms with Crippen molar-refractivity contribution >= 4 is 0 Å². The molecule has 0 atom stereocenters. The number of nitrogens with two attached hydrogens (primary N) is 1. The number of rotatable bonds is 2. The molecule has 0 bridgehead atoms. The third-order valence-electron chi connectivity index (χ3n) is 3.16. The van der Waals surface area contributed by atoms with E-state index in [4.69, 9.17) is 10.5 Å². The average molecular weight is 223 g/mol. The van der Waals surface area contributed by atoms with Crippen LogP contribution in [-0.4, -0.2) is 23.0 Å². The van der Waals surface area contributed by atoms with Crippen molar-refractivity contribution in [1.29, 1.82) is 0 Å². The van der Waals surface area contributed by atoms with Gasteiger partial charge in [-0.15, -0.1) is 0 Å². The lowest BCUT2D eigenvalue weighted by Gasteiger charge is -2.25. The van der Waals surface area contributed by atoms with E-state index in [0.717, 1.165) is 26.1 Å². The maximum absolute atomic E-state index is 6.19. The Balaban J connectivity index is 2.31. The first-order chi connectivity index (χ1) is 7.48. The highest BCUT2D eigenvalue weighted by atomic mass is 16.5. The Bertz CT molecular complexity index is 359. The Kier molecular flexibility index (Phi) is 3.04. The fourth-order valence-electron chi connectivity index (χ4n) is 2.27. The molecule has 1 aromatic rings. The zero-order valence-corrected chi connectivity index (χ0v) is 10.4. The summed E-state index contributed by atoms with van der Waals surface area (Å²) in [5, 5.41) is 4.58. The van der Waals surface area contributed by atoms with Crippen LogP contribution in [0.15, 0.2) is 6.20 Å². The first-order valence-corrected chi connectivity index (χ1v) is 5.89. The van der Waals surface area contributed by atoms with Crippen molar-refractivity contribution < 1.29 is 4.74 Å². The third kappa shape index (κ3) is 2.28. The van der Waals surface area contributed by atoms with Crippen LogP contribution in [0.25, 0.3) is 0 Å². The van der Waals surface area contributed by atoms with Gasteiger partial charge in [-0.2, -0.15) is 5.10 Å². The van der Waals surface area contributed by atoms with Crippen LogP contribution in [0.2, 0.25) is 0 Å². The maximum Gasteiger partial charge on any atom is 0.0707 e. The quantitative estimate of drug-likeness (QED) is 0.826. The molecule has 0 saturated carbocycles. The second-order valence-corrected chi connectivity index (χ2v) is 5.21. The Labute approximate surface area is 96.8 Å². The maximum atomic E-state index is 6.19. The first-order valence-electron chi connectivity index (χ1n) is 5.89. The van der Waals surface area contributed by atoms with Crippen molar-refractivity contribution in [1.82, 2.24) is 9.78 Å². The highest BCUT2D eigenvalue weighted by Gasteiger charge is 2.27. The molecule has 90 valence electrons. The molecule has 4 nitrogen and oxygen atoms in total. The zero-order valence-electron chi connectivity index (χ0n) is 10.4. The predicted octanol–water partition coefficient (Wildman–Crippen LogP) is 1.51. The minimum absolute atomic E-state index is 0.318. The number of hydrogen-bond donors (Lipinski definition) is 1. The Morgan fingerprint density at radius 1 is 1.44 bits per heavy atom. The summed E-state index contributed by atoms with van der Waals surface area (Å²) >= 11 is 0. The van der Waals surface area contributed by atoms with Gasteiger partial charge in [0.2, 0.25) is 0 Å². The Morgan fingerprint density at radius 2 is 2.06 bits per heavy atom. The number of nitrogens with zero attached hydrogens (tertiary/aromatic N) is 2. The van der Waals surface area contributed by atoms with E-state index in [-0.39, 0.29) is 5.54 Å². The van der Waals surface area contributed by atoms with Crippen LogP contribution in [0.3, 0.4) is 0 Å². The average Bonchev–Trinajstić information content (AvgIpc) is 2.61. The zero-order chi connectivity index (χ0) is 11.8. The molecule has 0 unspecified atom stereocenters. The summed E-state index contributed by atoms with van der Waals surface area (Å²) in [5.74, 6) is 0.507. The molecule has 1 aliphatic heterocycles. The van der Waals surface area contributed by atoms with Crippen molar-refractivity contribution in [3.05, 3.63) is 17.5 Å². The molecule has 0 radical (unpaired) electrons. The lowest BCUT2D eigenvalue weighted by Crippen LogP contribution is -2.30. The van der Waals surface area contributed by atoms with E-state index in [1.54, 1.807) is 0 Å². The van der Waals surface area contributed by atoms with Crippen molar-refractivity contribution in [2.75, 3.05) is 13.2 Å². The normalized spacial score (nSPS) is 19.0. The molecule has 2 rings (SSSR count). The first kappa shape index (κ1) is 11.6. The highest BCUT2D eigenvalue weighted by molar-refractivity contribution is 5.28. The van der Waals surface area contributed by atoms with Crippen molar-refractivity contribution in [2.45, 2.75) is 38.1 Å². The summed E-state index contributed by atoms with van der Waals surface area (Å²) in [6, 6.07) is 0. The molecule has 4 heteroatoms. The smallest absolute Gasteiger partial charge is 0.0707 e. The monoisotopic (exact) mass is 223 g/mol. The van der Waals surface area contributed by atoms with Gasteiger partial charge in [-0.1, -0.05) is 0 Å². The Hall–Kier alpha value is -0.870. The Morgan fingerprint density at radius 3 is 2.62 bits per heavy atom. The van der Waals surface area contributed by atoms with E-state index in [2.05, 4.69) is 5.10 Å². The van der Waals surface area contributed by atoms with Gasteiger partial charge in [-0.05, 0) is 26.7 Å². The summed E-state index contributed by atoms with van der Waals surface area (Å²) in [5.41, 5.74) is 8.21. The molecule has 0 amide bonds. The van der Waals surface area contributed by atoms with Crippen LogP contribution in [0, 0.1) is 0 Å². The molecule has 1 fully saturated rings. The van der Waals surface area contributed by atoms with Gasteiger partial charge < -0.3 is 10.5 Å². The van der Waals surface area contributed by atoms with Crippen molar-refractivity contribution in [3.8, 4) is 0 Å². The van der Waals surface area contributed by atoms with Crippen molar-refractivity contribution in [3.63, 3.8) is 0 Å². The fourth-order valence-corrected chi connectivity index (χ4v) is 2.27. The standard InChI is InChI=1S/C12H21N3O/c1-12(2,13)10-8-15(3)14-11(10)9-4-6-16-7-5-9/h8-9H,4-7,13H2,1-3H3. The van der Waals surface area contributed by atoms with Crippen LogP contribution in [0.4, 0.5) is 0 Å². The van der Waals surface area contributed by atoms with Gasteiger partial charge in [-0.25, -0.2) is 0 Å². The fraction of sp³-hybridized carbons (Fsp3) is 0.750. The molecule has 0 aromatic carbocycles. The number of hydrogen-bond acceptors (Lipinski definition) is 3. The number of aryl methyl sites for hydroxylation is 1. The van der Waals surface area contributed by atoms with Gasteiger partial charge >= 0.3 is 0 Å². The highest BCUT2D eigenvalue weighted by Crippen LogP contribution is 2.32. The minimum atomic E-state index is -0.318. The van der Waals surface area contributed by atoms with Gasteiger partial charge in [0.15, 0.2) is 0 Å². The van der Waals surface area contributed by atoms with E-state index in [1.165, 1.54) is 11.3 Å².